The maximum atomic E-state index is 14.6. The molecule has 6 aliphatic rings. The Morgan fingerprint density at radius 2 is 1.52 bits per heavy atom. The molecule has 0 N–H and O–H groups in total. The van der Waals surface area contributed by atoms with Crippen LogP contribution in [0, 0.1) is 50.2 Å². The number of likely N-dealkylation sites (tertiary alicyclic amines) is 1. The first kappa shape index (κ1) is 30.4. The van der Waals surface area contributed by atoms with E-state index in [1.807, 2.05) is 0 Å². The topological polar surface area (TPSA) is 63.7 Å². The highest BCUT2D eigenvalue weighted by Crippen LogP contribution is 2.75. The molecular formula is C37H57NO4. The smallest absolute Gasteiger partial charge is 0.302 e. The first-order valence-electron chi connectivity index (χ1n) is 17.2. The summed E-state index contributed by atoms with van der Waals surface area (Å²) < 4.78 is 5.88. The summed E-state index contributed by atoms with van der Waals surface area (Å²) in [6.07, 6.45) is 14.6. The number of hydrogen-bond donors (Lipinski definition) is 0. The van der Waals surface area contributed by atoms with Gasteiger partial charge in [-0.25, -0.2) is 0 Å². The highest BCUT2D eigenvalue weighted by Gasteiger charge is 2.70. The van der Waals surface area contributed by atoms with Crippen LogP contribution in [0.1, 0.15) is 132 Å². The third-order valence-corrected chi connectivity index (χ3v) is 15.0. The van der Waals surface area contributed by atoms with Gasteiger partial charge in [0.25, 0.3) is 0 Å². The first-order chi connectivity index (χ1) is 19.5. The van der Waals surface area contributed by atoms with Gasteiger partial charge >= 0.3 is 5.97 Å². The molecule has 42 heavy (non-hydrogen) atoms. The van der Waals surface area contributed by atoms with Crippen molar-refractivity contribution in [3.05, 3.63) is 11.6 Å². The minimum absolute atomic E-state index is 0.0237. The lowest BCUT2D eigenvalue weighted by Crippen LogP contribution is -2.67. The molecule has 1 amide bonds. The van der Waals surface area contributed by atoms with Crippen molar-refractivity contribution < 1.29 is 19.1 Å². The molecular weight excluding hydrogens is 522 g/mol. The number of carbonyl (C=O) groups excluding carboxylic acids is 3. The van der Waals surface area contributed by atoms with E-state index in [2.05, 4.69) is 59.4 Å². The molecule has 5 heteroatoms. The Balaban J connectivity index is 1.36. The van der Waals surface area contributed by atoms with Crippen molar-refractivity contribution in [3.63, 3.8) is 0 Å². The molecule has 5 aliphatic carbocycles. The number of hydrogen-bond acceptors (Lipinski definition) is 4. The third-order valence-electron chi connectivity index (χ3n) is 15.0. The quantitative estimate of drug-likeness (QED) is 0.312. The highest BCUT2D eigenvalue weighted by atomic mass is 16.5. The fourth-order valence-electron chi connectivity index (χ4n) is 12.2. The van der Waals surface area contributed by atoms with Crippen LogP contribution in [0.2, 0.25) is 0 Å². The maximum absolute atomic E-state index is 14.6. The molecule has 0 aromatic heterocycles. The fraction of sp³-hybridized carbons (Fsp3) is 0.865. The van der Waals surface area contributed by atoms with Gasteiger partial charge in [-0.15, -0.1) is 0 Å². The number of rotatable bonds is 2. The third kappa shape index (κ3) is 4.09. The molecule has 1 aliphatic heterocycles. The summed E-state index contributed by atoms with van der Waals surface area (Å²) in [7, 11) is 0. The summed E-state index contributed by atoms with van der Waals surface area (Å²) in [6.45, 7) is 19.9. The van der Waals surface area contributed by atoms with Crippen LogP contribution in [-0.2, 0) is 19.1 Å². The van der Waals surface area contributed by atoms with Crippen LogP contribution in [0.3, 0.4) is 0 Å². The van der Waals surface area contributed by atoms with Crippen LogP contribution in [0.25, 0.3) is 0 Å². The van der Waals surface area contributed by atoms with Gasteiger partial charge < -0.3 is 9.64 Å². The van der Waals surface area contributed by atoms with Crippen molar-refractivity contribution in [1.29, 1.82) is 0 Å². The van der Waals surface area contributed by atoms with Gasteiger partial charge in [0.2, 0.25) is 5.91 Å². The second-order valence-corrected chi connectivity index (χ2v) is 17.6. The van der Waals surface area contributed by atoms with Crippen molar-refractivity contribution in [2.75, 3.05) is 13.1 Å². The number of carbonyl (C=O) groups is 3. The van der Waals surface area contributed by atoms with Crippen molar-refractivity contribution >= 4 is 17.7 Å². The number of nitrogens with zero attached hydrogens (tertiary/aromatic N) is 1. The molecule has 5 fully saturated rings. The Morgan fingerprint density at radius 3 is 2.19 bits per heavy atom. The molecule has 6 rings (SSSR count). The highest BCUT2D eigenvalue weighted by molar-refractivity contribution is 5.95. The Kier molecular flexibility index (Phi) is 7.00. The number of esters is 1. The minimum atomic E-state index is -0.343. The van der Waals surface area contributed by atoms with Crippen LogP contribution >= 0.6 is 0 Å². The number of ether oxygens (including phenoxy) is 1. The largest absolute Gasteiger partial charge is 0.462 e. The van der Waals surface area contributed by atoms with E-state index in [0.717, 1.165) is 77.3 Å². The van der Waals surface area contributed by atoms with Gasteiger partial charge in [0, 0.05) is 36.8 Å². The summed E-state index contributed by atoms with van der Waals surface area (Å²) in [4.78, 5) is 42.8. The van der Waals surface area contributed by atoms with Crippen LogP contribution in [0.15, 0.2) is 11.6 Å². The van der Waals surface area contributed by atoms with Gasteiger partial charge in [0.05, 0.1) is 0 Å². The van der Waals surface area contributed by atoms with E-state index in [9.17, 15) is 14.4 Å². The van der Waals surface area contributed by atoms with E-state index >= 15 is 0 Å². The molecule has 0 spiro atoms. The van der Waals surface area contributed by atoms with Gasteiger partial charge in [-0.3, -0.25) is 14.4 Å². The lowest BCUT2D eigenvalue weighted by atomic mass is 9.33. The number of fused-ring (bicyclic) bond motifs is 7. The van der Waals surface area contributed by atoms with E-state index in [-0.39, 0.29) is 56.4 Å². The Labute approximate surface area is 255 Å². The average molecular weight is 580 g/mol. The summed E-state index contributed by atoms with van der Waals surface area (Å²) in [5, 5.41) is 0. The molecule has 234 valence electrons. The Hall–Kier alpha value is -1.65. The van der Waals surface area contributed by atoms with Crippen LogP contribution in [0.5, 0.6) is 0 Å². The van der Waals surface area contributed by atoms with Gasteiger partial charge in [0.15, 0.2) is 5.78 Å². The maximum Gasteiger partial charge on any atom is 0.302 e. The number of allylic oxidation sites excluding steroid dienone is 2. The molecule has 4 saturated carbocycles. The second-order valence-electron chi connectivity index (χ2n) is 17.6. The number of piperidine rings is 1. The predicted molar refractivity (Wildman–Crippen MR) is 165 cm³/mol. The summed E-state index contributed by atoms with van der Waals surface area (Å²) in [5.74, 6) is 1.09. The summed E-state index contributed by atoms with van der Waals surface area (Å²) in [5.41, 5.74) is 0.735. The van der Waals surface area contributed by atoms with Gasteiger partial charge in [-0.05, 0) is 117 Å². The predicted octanol–water partition coefficient (Wildman–Crippen LogP) is 7.91. The Bertz CT molecular complexity index is 1200. The van der Waals surface area contributed by atoms with Crippen LogP contribution < -0.4 is 0 Å². The van der Waals surface area contributed by atoms with Crippen molar-refractivity contribution in [2.24, 2.45) is 50.2 Å². The fourth-order valence-corrected chi connectivity index (χ4v) is 12.2. The molecule has 0 aromatic carbocycles. The summed E-state index contributed by atoms with van der Waals surface area (Å²) in [6, 6.07) is 0. The monoisotopic (exact) mass is 579 g/mol. The molecule has 0 aromatic rings. The second kappa shape index (κ2) is 9.67. The zero-order valence-electron chi connectivity index (χ0n) is 27.9. The lowest BCUT2D eigenvalue weighted by molar-refractivity contribution is -0.210. The van der Waals surface area contributed by atoms with E-state index in [1.54, 1.807) is 0 Å². The van der Waals surface area contributed by atoms with Gasteiger partial charge in [-0.1, -0.05) is 54.0 Å². The first-order valence-corrected chi connectivity index (χ1v) is 17.2. The van der Waals surface area contributed by atoms with E-state index in [4.69, 9.17) is 4.74 Å². The average Bonchev–Trinajstić information content (AvgIpc) is 2.92. The molecule has 5 nitrogen and oxygen atoms in total. The molecule has 1 heterocycles. The number of ketones is 1. The lowest BCUT2D eigenvalue weighted by Gasteiger charge is -2.70. The SMILES string of the molecule is CC(=O)O[C@@H]1CC[C@]2(C)[C@H](CC[C@]3(C)[C@@H]2C(=O)C=C2[C@@H]4C[C@](C)(C(=O)N5CCCCC5)CC[C@@]4(C)CC[C@@]23C)C1(C)C. The van der Waals surface area contributed by atoms with Crippen LogP contribution in [0.4, 0.5) is 0 Å². The number of amides is 1. The normalized spacial score (nSPS) is 48.1. The molecule has 9 atom stereocenters. The molecule has 0 bridgehead atoms. The summed E-state index contributed by atoms with van der Waals surface area (Å²) >= 11 is 0. The van der Waals surface area contributed by atoms with E-state index < -0.39 is 0 Å². The zero-order chi connectivity index (χ0) is 30.5. The molecule has 0 unspecified atom stereocenters. The van der Waals surface area contributed by atoms with Crippen molar-refractivity contribution in [1.82, 2.24) is 4.90 Å². The van der Waals surface area contributed by atoms with Gasteiger partial charge in [-0.2, -0.15) is 0 Å². The van der Waals surface area contributed by atoms with E-state index in [0.29, 0.717) is 17.6 Å². The van der Waals surface area contributed by atoms with Gasteiger partial charge in [0.1, 0.15) is 6.10 Å². The Morgan fingerprint density at radius 1 is 0.857 bits per heavy atom. The van der Waals surface area contributed by atoms with E-state index in [1.165, 1.54) is 25.3 Å². The minimum Gasteiger partial charge on any atom is -0.462 e. The molecule has 0 radical (unpaired) electrons. The van der Waals surface area contributed by atoms with Crippen LogP contribution in [-0.4, -0.2) is 41.8 Å². The standard InChI is InChI=1S/C37H57NO4/c1-24(39)42-29-13-14-35(6)28(32(29,2)3)12-15-37(8)30(35)27(40)22-25-26-23-34(5,31(41)38-20-10-9-11-21-38)17-16-33(26,4)18-19-36(25,37)7/h22,26,28-30H,9-21,23H2,1-8H3/t26-,28+,29+,30+,33-,34+,35+,36-,37+/m0/s1. The van der Waals surface area contributed by atoms with Crippen molar-refractivity contribution in [2.45, 2.75) is 139 Å². The van der Waals surface area contributed by atoms with Crippen molar-refractivity contribution in [3.8, 4) is 0 Å². The molecule has 1 saturated heterocycles. The zero-order valence-corrected chi connectivity index (χ0v) is 27.9.